The van der Waals surface area contributed by atoms with Gasteiger partial charge in [-0.15, -0.1) is 0 Å². The third kappa shape index (κ3) is 2.27. The molecule has 0 saturated heterocycles. The third-order valence-corrected chi connectivity index (χ3v) is 4.26. The first kappa shape index (κ1) is 13.1. The molecule has 2 N–H and O–H groups in total. The van der Waals surface area contributed by atoms with Crippen molar-refractivity contribution in [1.29, 1.82) is 0 Å². The van der Waals surface area contributed by atoms with Gasteiger partial charge in [0.1, 0.15) is 5.54 Å². The van der Waals surface area contributed by atoms with Gasteiger partial charge in [0.15, 0.2) is 0 Å². The van der Waals surface area contributed by atoms with E-state index in [0.29, 0.717) is 18.4 Å². The number of benzene rings is 1. The van der Waals surface area contributed by atoms with Crippen LogP contribution in [0, 0.1) is 6.92 Å². The Morgan fingerprint density at radius 2 is 2.06 bits per heavy atom. The maximum Gasteiger partial charge on any atom is 0.329 e. The fraction of sp³-hybridized carbons (Fsp3) is 0.385. The van der Waals surface area contributed by atoms with Gasteiger partial charge in [0.25, 0.3) is 5.91 Å². The van der Waals surface area contributed by atoms with Crippen LogP contribution in [0.5, 0.6) is 0 Å². The molecule has 1 fully saturated rings. The number of carbonyl (C=O) groups excluding carboxylic acids is 1. The zero-order chi connectivity index (χ0) is 13.3. The predicted octanol–water partition coefficient (Wildman–Crippen LogP) is 2.49. The highest BCUT2D eigenvalue weighted by atomic mass is 79.9. The van der Waals surface area contributed by atoms with E-state index in [1.54, 1.807) is 12.1 Å². The Morgan fingerprint density at radius 3 is 2.50 bits per heavy atom. The Bertz CT molecular complexity index is 509. The van der Waals surface area contributed by atoms with Crippen LogP contribution in [0.4, 0.5) is 0 Å². The number of nitrogens with one attached hydrogen (secondary N) is 1. The van der Waals surface area contributed by atoms with Crippen LogP contribution in [0.15, 0.2) is 22.7 Å². The van der Waals surface area contributed by atoms with Crippen LogP contribution in [0.3, 0.4) is 0 Å². The molecule has 1 aromatic carbocycles. The van der Waals surface area contributed by atoms with Gasteiger partial charge in [0, 0.05) is 10.0 Å². The summed E-state index contributed by atoms with van der Waals surface area (Å²) in [6, 6.07) is 5.23. The van der Waals surface area contributed by atoms with Gasteiger partial charge in [-0.1, -0.05) is 22.0 Å². The normalized spacial score (nSPS) is 16.8. The van der Waals surface area contributed by atoms with Crippen molar-refractivity contribution in [3.8, 4) is 0 Å². The van der Waals surface area contributed by atoms with E-state index in [1.807, 2.05) is 13.0 Å². The van der Waals surface area contributed by atoms with Crippen molar-refractivity contribution >= 4 is 27.8 Å². The molecule has 2 rings (SSSR count). The standard InChI is InChI=1S/C13H14BrNO3/c1-8-3-4-9(7-10(8)14)11(16)15-13(12(17)18)5-2-6-13/h3-4,7H,2,5-6H2,1H3,(H,15,16)(H,17,18). The quantitative estimate of drug-likeness (QED) is 0.901. The first-order chi connectivity index (χ1) is 8.44. The average molecular weight is 312 g/mol. The molecule has 1 saturated carbocycles. The van der Waals surface area contributed by atoms with Gasteiger partial charge in [0.05, 0.1) is 0 Å². The van der Waals surface area contributed by atoms with E-state index in [4.69, 9.17) is 5.11 Å². The number of carbonyl (C=O) groups is 2. The number of halogens is 1. The van der Waals surface area contributed by atoms with E-state index in [0.717, 1.165) is 16.5 Å². The molecule has 0 spiro atoms. The number of carboxylic acid groups (broad SMARTS) is 1. The molecule has 0 bridgehead atoms. The highest BCUT2D eigenvalue weighted by molar-refractivity contribution is 9.10. The molecule has 0 atom stereocenters. The van der Waals surface area contributed by atoms with E-state index in [2.05, 4.69) is 21.2 Å². The molecule has 0 aromatic heterocycles. The fourth-order valence-corrected chi connectivity index (χ4v) is 2.33. The van der Waals surface area contributed by atoms with Crippen molar-refractivity contribution in [2.75, 3.05) is 0 Å². The summed E-state index contributed by atoms with van der Waals surface area (Å²) < 4.78 is 0.841. The van der Waals surface area contributed by atoms with Crippen molar-refractivity contribution in [1.82, 2.24) is 5.32 Å². The van der Waals surface area contributed by atoms with E-state index >= 15 is 0 Å². The summed E-state index contributed by atoms with van der Waals surface area (Å²) in [5.41, 5.74) is 0.442. The van der Waals surface area contributed by atoms with E-state index in [-0.39, 0.29) is 5.91 Å². The third-order valence-electron chi connectivity index (χ3n) is 3.40. The van der Waals surface area contributed by atoms with Crippen molar-refractivity contribution < 1.29 is 14.7 Å². The van der Waals surface area contributed by atoms with Gasteiger partial charge in [-0.05, 0) is 43.9 Å². The molecular formula is C13H14BrNO3. The second-order valence-corrected chi connectivity index (χ2v) is 5.51. The molecule has 0 unspecified atom stereocenters. The van der Waals surface area contributed by atoms with Gasteiger partial charge in [-0.3, -0.25) is 4.79 Å². The lowest BCUT2D eigenvalue weighted by molar-refractivity contribution is -0.148. The zero-order valence-corrected chi connectivity index (χ0v) is 11.6. The number of hydrogen-bond acceptors (Lipinski definition) is 2. The summed E-state index contributed by atoms with van der Waals surface area (Å²) in [6.07, 6.45) is 1.84. The average Bonchev–Trinajstić information content (AvgIpc) is 2.26. The van der Waals surface area contributed by atoms with Gasteiger partial charge >= 0.3 is 5.97 Å². The minimum Gasteiger partial charge on any atom is -0.480 e. The Labute approximate surface area is 114 Å². The molecule has 1 aliphatic carbocycles. The summed E-state index contributed by atoms with van der Waals surface area (Å²) >= 11 is 3.36. The summed E-state index contributed by atoms with van der Waals surface area (Å²) in [5, 5.41) is 11.8. The second kappa shape index (κ2) is 4.72. The predicted molar refractivity (Wildman–Crippen MR) is 70.6 cm³/mol. The molecular weight excluding hydrogens is 298 g/mol. The van der Waals surface area contributed by atoms with Crippen molar-refractivity contribution in [2.45, 2.75) is 31.7 Å². The summed E-state index contributed by atoms with van der Waals surface area (Å²) in [6.45, 7) is 1.93. The van der Waals surface area contributed by atoms with E-state index in [9.17, 15) is 9.59 Å². The smallest absolute Gasteiger partial charge is 0.329 e. The first-order valence-corrected chi connectivity index (χ1v) is 6.56. The highest BCUT2D eigenvalue weighted by Crippen LogP contribution is 2.32. The van der Waals surface area contributed by atoms with E-state index < -0.39 is 11.5 Å². The Hall–Kier alpha value is -1.36. The lowest BCUT2D eigenvalue weighted by Crippen LogP contribution is -2.59. The fourth-order valence-electron chi connectivity index (χ4n) is 1.95. The number of aliphatic carboxylic acids is 1. The molecule has 5 heteroatoms. The molecule has 1 aromatic rings. The lowest BCUT2D eigenvalue weighted by Gasteiger charge is -2.38. The van der Waals surface area contributed by atoms with Crippen LogP contribution in [-0.4, -0.2) is 22.5 Å². The van der Waals surface area contributed by atoms with Crippen LogP contribution in [0.2, 0.25) is 0 Å². The summed E-state index contributed by atoms with van der Waals surface area (Å²) in [4.78, 5) is 23.2. The molecule has 1 amide bonds. The van der Waals surface area contributed by atoms with Gasteiger partial charge in [-0.25, -0.2) is 4.79 Å². The molecule has 18 heavy (non-hydrogen) atoms. The Morgan fingerprint density at radius 1 is 1.39 bits per heavy atom. The van der Waals surface area contributed by atoms with Crippen LogP contribution < -0.4 is 5.32 Å². The van der Waals surface area contributed by atoms with Crippen LogP contribution in [0.25, 0.3) is 0 Å². The maximum atomic E-state index is 12.0. The minimum atomic E-state index is -1.06. The highest BCUT2D eigenvalue weighted by Gasteiger charge is 2.45. The lowest BCUT2D eigenvalue weighted by atomic mass is 9.76. The Balaban J connectivity index is 2.17. The van der Waals surface area contributed by atoms with E-state index in [1.165, 1.54) is 0 Å². The number of aryl methyl sites for hydroxylation is 1. The summed E-state index contributed by atoms with van der Waals surface area (Å²) in [5.74, 6) is -1.29. The Kier molecular flexibility index (Phi) is 3.43. The molecule has 0 aliphatic heterocycles. The second-order valence-electron chi connectivity index (χ2n) is 4.66. The molecule has 96 valence electrons. The number of hydrogen-bond donors (Lipinski definition) is 2. The topological polar surface area (TPSA) is 66.4 Å². The van der Waals surface area contributed by atoms with Crippen molar-refractivity contribution in [2.24, 2.45) is 0 Å². The molecule has 4 nitrogen and oxygen atoms in total. The largest absolute Gasteiger partial charge is 0.480 e. The van der Waals surface area contributed by atoms with Gasteiger partial charge in [0.2, 0.25) is 0 Å². The number of rotatable bonds is 3. The molecule has 1 aliphatic rings. The zero-order valence-electron chi connectivity index (χ0n) is 10.00. The molecule has 0 heterocycles. The summed E-state index contributed by atoms with van der Waals surface area (Å²) in [7, 11) is 0. The first-order valence-electron chi connectivity index (χ1n) is 5.77. The van der Waals surface area contributed by atoms with Crippen LogP contribution >= 0.6 is 15.9 Å². The molecule has 0 radical (unpaired) electrons. The number of amides is 1. The van der Waals surface area contributed by atoms with Crippen molar-refractivity contribution in [3.05, 3.63) is 33.8 Å². The van der Waals surface area contributed by atoms with Gasteiger partial charge < -0.3 is 10.4 Å². The van der Waals surface area contributed by atoms with Gasteiger partial charge in [-0.2, -0.15) is 0 Å². The van der Waals surface area contributed by atoms with Crippen LogP contribution in [0.1, 0.15) is 35.2 Å². The maximum absolute atomic E-state index is 12.0. The van der Waals surface area contributed by atoms with Crippen molar-refractivity contribution in [3.63, 3.8) is 0 Å². The number of carboxylic acids is 1. The SMILES string of the molecule is Cc1ccc(C(=O)NC2(C(=O)O)CCC2)cc1Br. The monoisotopic (exact) mass is 311 g/mol. The minimum absolute atomic E-state index is 0.335. The van der Waals surface area contributed by atoms with Crippen LogP contribution in [-0.2, 0) is 4.79 Å².